The summed E-state index contributed by atoms with van der Waals surface area (Å²) in [5.74, 6) is 0. The summed E-state index contributed by atoms with van der Waals surface area (Å²) in [6.45, 7) is 0.752. The Morgan fingerprint density at radius 1 is 1.35 bits per heavy atom. The van der Waals surface area contributed by atoms with Gasteiger partial charge in [0.05, 0.1) is 12.6 Å². The summed E-state index contributed by atoms with van der Waals surface area (Å²) in [7, 11) is 0. The van der Waals surface area contributed by atoms with Crippen molar-refractivity contribution in [3.8, 4) is 0 Å². The minimum absolute atomic E-state index is 0.202. The summed E-state index contributed by atoms with van der Waals surface area (Å²) in [5.41, 5.74) is 1.18. The molecule has 0 radical (unpaired) electrons. The molecule has 5 heteroatoms. The van der Waals surface area contributed by atoms with E-state index in [9.17, 15) is 0 Å². The third-order valence-electron chi connectivity index (χ3n) is 3.06. The minimum atomic E-state index is -0.341. The molecule has 1 aliphatic heterocycles. The van der Waals surface area contributed by atoms with Gasteiger partial charge in [0.15, 0.2) is 3.61 Å². The van der Waals surface area contributed by atoms with E-state index in [4.69, 9.17) is 4.74 Å². The van der Waals surface area contributed by atoms with Crippen molar-refractivity contribution in [2.45, 2.75) is 16.1 Å². The van der Waals surface area contributed by atoms with E-state index in [0.717, 1.165) is 13.0 Å². The Bertz CT molecular complexity index is 488. The lowest BCUT2D eigenvalue weighted by Gasteiger charge is -2.28. The van der Waals surface area contributed by atoms with Gasteiger partial charge in [0, 0.05) is 0 Å². The number of aromatic nitrogens is 3. The molecule has 0 spiro atoms. The first-order valence-corrected chi connectivity index (χ1v) is 6.61. The van der Waals surface area contributed by atoms with Gasteiger partial charge in [-0.1, -0.05) is 30.3 Å². The van der Waals surface area contributed by atoms with E-state index in [1.165, 1.54) is 5.56 Å². The molecule has 4 nitrogen and oxygen atoms in total. The second-order valence-electron chi connectivity index (χ2n) is 4.04. The van der Waals surface area contributed by atoms with Gasteiger partial charge in [0.25, 0.3) is 0 Å². The predicted molar refractivity (Wildman–Crippen MR) is 71.8 cm³/mol. The number of alkyl halides is 1. The molecule has 2 unspecified atom stereocenters. The molecule has 2 atom stereocenters. The smallest absolute Gasteiger partial charge is 0.166 e. The van der Waals surface area contributed by atoms with Crippen molar-refractivity contribution in [2.75, 3.05) is 6.61 Å². The lowest BCUT2D eigenvalue weighted by Crippen LogP contribution is -2.28. The highest BCUT2D eigenvalue weighted by atomic mass is 127. The molecular weight excluding hydrogens is 329 g/mol. The SMILES string of the molecule is IC1(c2ccccc2)OCCC1n1cncn1. The van der Waals surface area contributed by atoms with Crippen molar-refractivity contribution in [1.29, 1.82) is 0 Å². The van der Waals surface area contributed by atoms with E-state index in [1.54, 1.807) is 12.7 Å². The van der Waals surface area contributed by atoms with Gasteiger partial charge in [0.2, 0.25) is 0 Å². The second kappa shape index (κ2) is 4.38. The Hall–Kier alpha value is -0.950. The molecule has 1 saturated heterocycles. The van der Waals surface area contributed by atoms with E-state index in [-0.39, 0.29) is 9.65 Å². The Kier molecular flexibility index (Phi) is 2.87. The fourth-order valence-corrected chi connectivity index (χ4v) is 3.40. The first-order chi connectivity index (χ1) is 8.31. The molecule has 0 bridgehead atoms. The van der Waals surface area contributed by atoms with Gasteiger partial charge in [-0.25, -0.2) is 9.67 Å². The highest BCUT2D eigenvalue weighted by molar-refractivity contribution is 14.1. The predicted octanol–water partition coefficient (Wildman–Crippen LogP) is 2.53. The van der Waals surface area contributed by atoms with Crippen LogP contribution in [0.2, 0.25) is 0 Å². The van der Waals surface area contributed by atoms with Crippen LogP contribution in [0.15, 0.2) is 43.0 Å². The molecule has 0 aliphatic carbocycles. The molecule has 0 N–H and O–H groups in total. The van der Waals surface area contributed by atoms with Gasteiger partial charge in [-0.3, -0.25) is 0 Å². The molecule has 2 heterocycles. The van der Waals surface area contributed by atoms with Gasteiger partial charge >= 0.3 is 0 Å². The summed E-state index contributed by atoms with van der Waals surface area (Å²) in [5, 5.41) is 4.24. The van der Waals surface area contributed by atoms with Crippen LogP contribution in [0.3, 0.4) is 0 Å². The molecule has 0 saturated carbocycles. The standard InChI is InChI=1S/C12H12IN3O/c13-12(10-4-2-1-3-5-10)11(6-7-17-12)16-9-14-8-15-16/h1-5,8-9,11H,6-7H2. The van der Waals surface area contributed by atoms with Gasteiger partial charge in [-0.2, -0.15) is 5.10 Å². The first kappa shape index (κ1) is 11.2. The highest BCUT2D eigenvalue weighted by Crippen LogP contribution is 2.49. The molecule has 0 amide bonds. The Morgan fingerprint density at radius 3 is 2.88 bits per heavy atom. The zero-order chi connectivity index (χ0) is 11.7. The molecular formula is C12H12IN3O. The summed E-state index contributed by atoms with van der Waals surface area (Å²) >= 11 is 2.38. The van der Waals surface area contributed by atoms with Gasteiger partial charge in [-0.05, 0) is 34.6 Å². The van der Waals surface area contributed by atoms with Crippen molar-refractivity contribution in [3.05, 3.63) is 48.5 Å². The maximum atomic E-state index is 5.96. The first-order valence-electron chi connectivity index (χ1n) is 5.53. The quantitative estimate of drug-likeness (QED) is 0.623. The zero-order valence-electron chi connectivity index (χ0n) is 9.16. The van der Waals surface area contributed by atoms with E-state index < -0.39 is 0 Å². The van der Waals surface area contributed by atoms with Crippen LogP contribution in [0, 0.1) is 0 Å². The van der Waals surface area contributed by atoms with Crippen molar-refractivity contribution in [2.24, 2.45) is 0 Å². The topological polar surface area (TPSA) is 39.9 Å². The van der Waals surface area contributed by atoms with Crippen LogP contribution in [0.5, 0.6) is 0 Å². The van der Waals surface area contributed by atoms with Crippen molar-refractivity contribution in [3.63, 3.8) is 0 Å². The Balaban J connectivity index is 2.01. The molecule has 2 aromatic rings. The Labute approximate surface area is 113 Å². The fourth-order valence-electron chi connectivity index (χ4n) is 2.22. The lowest BCUT2D eigenvalue weighted by molar-refractivity contribution is 0.0730. The summed E-state index contributed by atoms with van der Waals surface area (Å²) in [6.07, 6.45) is 4.29. The van der Waals surface area contributed by atoms with Crippen LogP contribution in [-0.2, 0) is 8.34 Å². The highest BCUT2D eigenvalue weighted by Gasteiger charge is 2.45. The molecule has 1 aliphatic rings. The number of ether oxygens (including phenoxy) is 1. The van der Waals surface area contributed by atoms with Gasteiger partial charge in [-0.15, -0.1) is 0 Å². The molecule has 3 rings (SSSR count). The average molecular weight is 341 g/mol. The van der Waals surface area contributed by atoms with Gasteiger partial charge in [0.1, 0.15) is 12.7 Å². The number of hydrogen-bond donors (Lipinski definition) is 0. The second-order valence-corrected chi connectivity index (χ2v) is 5.64. The lowest BCUT2D eigenvalue weighted by atomic mass is 10.0. The summed E-state index contributed by atoms with van der Waals surface area (Å²) in [6, 6.07) is 10.5. The maximum absolute atomic E-state index is 5.96. The van der Waals surface area contributed by atoms with E-state index in [0.29, 0.717) is 0 Å². The summed E-state index contributed by atoms with van der Waals surface area (Å²) < 4.78 is 7.52. The van der Waals surface area contributed by atoms with Crippen molar-refractivity contribution < 1.29 is 4.74 Å². The fraction of sp³-hybridized carbons (Fsp3) is 0.333. The van der Waals surface area contributed by atoms with Crippen LogP contribution in [0.25, 0.3) is 0 Å². The van der Waals surface area contributed by atoms with Crippen molar-refractivity contribution >= 4 is 22.6 Å². The van der Waals surface area contributed by atoms with E-state index in [2.05, 4.69) is 44.8 Å². The Morgan fingerprint density at radius 2 is 2.18 bits per heavy atom. The van der Waals surface area contributed by atoms with Crippen LogP contribution in [0.1, 0.15) is 18.0 Å². The largest absolute Gasteiger partial charge is 0.358 e. The molecule has 1 aromatic carbocycles. The number of rotatable bonds is 2. The average Bonchev–Trinajstić information content (AvgIpc) is 2.99. The third kappa shape index (κ3) is 1.87. The van der Waals surface area contributed by atoms with Crippen molar-refractivity contribution in [1.82, 2.24) is 14.8 Å². The zero-order valence-corrected chi connectivity index (χ0v) is 11.3. The van der Waals surface area contributed by atoms with Crippen LogP contribution >= 0.6 is 22.6 Å². The van der Waals surface area contributed by atoms with Crippen LogP contribution in [-0.4, -0.2) is 21.4 Å². The summed E-state index contributed by atoms with van der Waals surface area (Å²) in [4.78, 5) is 4.02. The molecule has 88 valence electrons. The minimum Gasteiger partial charge on any atom is -0.358 e. The number of benzene rings is 1. The monoisotopic (exact) mass is 341 g/mol. The van der Waals surface area contributed by atoms with E-state index in [1.807, 2.05) is 22.9 Å². The molecule has 1 aromatic heterocycles. The molecule has 17 heavy (non-hydrogen) atoms. The third-order valence-corrected chi connectivity index (χ3v) is 4.71. The number of halogens is 1. The normalized spacial score (nSPS) is 28.4. The van der Waals surface area contributed by atoms with Crippen LogP contribution < -0.4 is 0 Å². The van der Waals surface area contributed by atoms with E-state index >= 15 is 0 Å². The number of hydrogen-bond acceptors (Lipinski definition) is 3. The van der Waals surface area contributed by atoms with Crippen LogP contribution in [0.4, 0.5) is 0 Å². The van der Waals surface area contributed by atoms with Gasteiger partial charge < -0.3 is 4.74 Å². The number of nitrogens with zero attached hydrogens (tertiary/aromatic N) is 3. The molecule has 1 fully saturated rings. The maximum Gasteiger partial charge on any atom is 0.166 e.